The van der Waals surface area contributed by atoms with E-state index < -0.39 is 0 Å². The van der Waals surface area contributed by atoms with E-state index in [4.69, 9.17) is 9.47 Å². The minimum absolute atomic E-state index is 0.0176. The standard InChI is InChI=1S/C20H22N2O4/c1-25-12-11-22-14-15(13-19(22)23)20(24)21-17-9-5-6-10-18(17)26-16-7-3-2-4-8-16/h2-10,15H,11-14H2,1H3,(H,21,24). The van der Waals surface area contributed by atoms with Crippen LogP contribution in [0.4, 0.5) is 5.69 Å². The van der Waals surface area contributed by atoms with E-state index in [0.29, 0.717) is 36.9 Å². The molecule has 2 aromatic carbocycles. The maximum absolute atomic E-state index is 12.6. The molecule has 0 spiro atoms. The smallest absolute Gasteiger partial charge is 0.229 e. The molecule has 0 saturated carbocycles. The molecule has 1 aliphatic heterocycles. The number of nitrogens with one attached hydrogen (secondary N) is 1. The average molecular weight is 354 g/mol. The van der Waals surface area contributed by atoms with E-state index in [9.17, 15) is 9.59 Å². The minimum atomic E-state index is -0.371. The lowest BCUT2D eigenvalue weighted by Crippen LogP contribution is -2.30. The second-order valence-corrected chi connectivity index (χ2v) is 6.13. The first kappa shape index (κ1) is 17.9. The molecule has 2 amide bonds. The zero-order chi connectivity index (χ0) is 18.4. The highest BCUT2D eigenvalue weighted by atomic mass is 16.5. The summed E-state index contributed by atoms with van der Waals surface area (Å²) < 4.78 is 10.9. The fourth-order valence-corrected chi connectivity index (χ4v) is 2.87. The van der Waals surface area contributed by atoms with Gasteiger partial charge in [-0.05, 0) is 24.3 Å². The summed E-state index contributed by atoms with van der Waals surface area (Å²) in [5, 5.41) is 2.90. The van der Waals surface area contributed by atoms with Gasteiger partial charge in [-0.3, -0.25) is 9.59 Å². The number of rotatable bonds is 7. The first-order valence-electron chi connectivity index (χ1n) is 8.57. The predicted octanol–water partition coefficient (Wildman–Crippen LogP) is 2.91. The van der Waals surface area contributed by atoms with Crippen LogP contribution in [0, 0.1) is 5.92 Å². The predicted molar refractivity (Wildman–Crippen MR) is 98.2 cm³/mol. The molecule has 0 radical (unpaired) electrons. The third-order valence-corrected chi connectivity index (χ3v) is 4.27. The van der Waals surface area contributed by atoms with Crippen LogP contribution in [-0.4, -0.2) is 43.5 Å². The molecule has 1 N–H and O–H groups in total. The number of likely N-dealkylation sites (tertiary alicyclic amines) is 1. The highest BCUT2D eigenvalue weighted by Gasteiger charge is 2.34. The fraction of sp³-hybridized carbons (Fsp3) is 0.300. The van der Waals surface area contributed by atoms with Crippen molar-refractivity contribution in [2.24, 2.45) is 5.92 Å². The molecule has 1 heterocycles. The van der Waals surface area contributed by atoms with Crippen LogP contribution in [0.15, 0.2) is 54.6 Å². The third-order valence-electron chi connectivity index (χ3n) is 4.27. The summed E-state index contributed by atoms with van der Waals surface area (Å²) in [4.78, 5) is 26.3. The number of hydrogen-bond acceptors (Lipinski definition) is 4. The molecule has 0 aromatic heterocycles. The Morgan fingerprint density at radius 3 is 2.65 bits per heavy atom. The van der Waals surface area contributed by atoms with E-state index in [1.54, 1.807) is 24.1 Å². The van der Waals surface area contributed by atoms with Crippen molar-refractivity contribution in [1.82, 2.24) is 4.90 Å². The Hall–Kier alpha value is -2.86. The Morgan fingerprint density at radius 2 is 1.88 bits per heavy atom. The van der Waals surface area contributed by atoms with E-state index in [2.05, 4.69) is 5.32 Å². The lowest BCUT2D eigenvalue weighted by Gasteiger charge is -2.16. The van der Waals surface area contributed by atoms with E-state index >= 15 is 0 Å². The highest BCUT2D eigenvalue weighted by Crippen LogP contribution is 2.30. The van der Waals surface area contributed by atoms with Gasteiger partial charge in [-0.2, -0.15) is 0 Å². The Kier molecular flexibility index (Phi) is 5.86. The molecule has 1 fully saturated rings. The number of anilines is 1. The first-order chi connectivity index (χ1) is 12.7. The highest BCUT2D eigenvalue weighted by molar-refractivity contribution is 5.98. The van der Waals surface area contributed by atoms with E-state index in [0.717, 1.165) is 0 Å². The van der Waals surface area contributed by atoms with Crippen LogP contribution in [0.3, 0.4) is 0 Å². The molecule has 0 bridgehead atoms. The van der Waals surface area contributed by atoms with E-state index in [1.807, 2.05) is 42.5 Å². The maximum Gasteiger partial charge on any atom is 0.229 e. The van der Waals surface area contributed by atoms with Gasteiger partial charge < -0.3 is 19.7 Å². The van der Waals surface area contributed by atoms with Gasteiger partial charge in [-0.15, -0.1) is 0 Å². The molecule has 3 rings (SSSR count). The number of benzene rings is 2. The van der Waals surface area contributed by atoms with Gasteiger partial charge in [0.1, 0.15) is 5.75 Å². The van der Waals surface area contributed by atoms with Crippen LogP contribution in [-0.2, 0) is 14.3 Å². The van der Waals surface area contributed by atoms with Crippen molar-refractivity contribution in [3.63, 3.8) is 0 Å². The zero-order valence-electron chi connectivity index (χ0n) is 14.7. The molecule has 1 aliphatic rings. The van der Waals surface area contributed by atoms with Crippen LogP contribution in [0.5, 0.6) is 11.5 Å². The van der Waals surface area contributed by atoms with Crippen molar-refractivity contribution in [3.05, 3.63) is 54.6 Å². The molecule has 1 saturated heterocycles. The van der Waals surface area contributed by atoms with Crippen LogP contribution in [0.25, 0.3) is 0 Å². The van der Waals surface area contributed by atoms with Gasteiger partial charge in [0, 0.05) is 26.6 Å². The monoisotopic (exact) mass is 354 g/mol. The van der Waals surface area contributed by atoms with E-state index in [1.165, 1.54) is 0 Å². The van der Waals surface area contributed by atoms with Gasteiger partial charge in [-0.25, -0.2) is 0 Å². The topological polar surface area (TPSA) is 67.9 Å². The summed E-state index contributed by atoms with van der Waals surface area (Å²) in [5.41, 5.74) is 0.587. The first-order valence-corrected chi connectivity index (χ1v) is 8.57. The average Bonchev–Trinajstić information content (AvgIpc) is 3.03. The molecule has 2 aromatic rings. The van der Waals surface area contributed by atoms with Gasteiger partial charge in [-0.1, -0.05) is 30.3 Å². The lowest BCUT2D eigenvalue weighted by atomic mass is 10.1. The van der Waals surface area contributed by atoms with Crippen molar-refractivity contribution in [2.45, 2.75) is 6.42 Å². The van der Waals surface area contributed by atoms with Crippen molar-refractivity contribution >= 4 is 17.5 Å². The summed E-state index contributed by atoms with van der Waals surface area (Å²) >= 11 is 0. The van der Waals surface area contributed by atoms with Gasteiger partial charge in [0.2, 0.25) is 11.8 Å². The minimum Gasteiger partial charge on any atom is -0.455 e. The summed E-state index contributed by atoms with van der Waals surface area (Å²) in [6.45, 7) is 1.39. The molecule has 26 heavy (non-hydrogen) atoms. The molecule has 1 unspecified atom stereocenters. The Labute approximate surface area is 152 Å². The third kappa shape index (κ3) is 4.40. The number of hydrogen-bond donors (Lipinski definition) is 1. The quantitative estimate of drug-likeness (QED) is 0.830. The summed E-state index contributed by atoms with van der Waals surface area (Å²) in [7, 11) is 1.59. The number of nitrogens with zero attached hydrogens (tertiary/aromatic N) is 1. The number of carbonyl (C=O) groups is 2. The normalized spacial score (nSPS) is 16.6. The van der Waals surface area contributed by atoms with Crippen LogP contribution in [0.1, 0.15) is 6.42 Å². The summed E-state index contributed by atoms with van der Waals surface area (Å²) in [5.74, 6) is 0.686. The number of ether oxygens (including phenoxy) is 2. The Balaban J connectivity index is 1.66. The molecular formula is C20H22N2O4. The van der Waals surface area contributed by atoms with Crippen molar-refractivity contribution in [3.8, 4) is 11.5 Å². The zero-order valence-corrected chi connectivity index (χ0v) is 14.7. The number of para-hydroxylation sites is 3. The summed E-state index contributed by atoms with van der Waals surface area (Å²) in [6.07, 6.45) is 0.220. The van der Waals surface area contributed by atoms with Crippen LogP contribution < -0.4 is 10.1 Å². The maximum atomic E-state index is 12.6. The lowest BCUT2D eigenvalue weighted by molar-refractivity contribution is -0.128. The molecule has 0 aliphatic carbocycles. The molecule has 1 atom stereocenters. The molecule has 6 heteroatoms. The fourth-order valence-electron chi connectivity index (χ4n) is 2.87. The second kappa shape index (κ2) is 8.49. The number of methoxy groups -OCH3 is 1. The van der Waals surface area contributed by atoms with Gasteiger partial charge in [0.25, 0.3) is 0 Å². The largest absolute Gasteiger partial charge is 0.455 e. The van der Waals surface area contributed by atoms with Crippen LogP contribution >= 0.6 is 0 Å². The molecule has 136 valence electrons. The van der Waals surface area contributed by atoms with Gasteiger partial charge in [0.05, 0.1) is 18.2 Å². The second-order valence-electron chi connectivity index (χ2n) is 6.13. The molecular weight excluding hydrogens is 332 g/mol. The van der Waals surface area contributed by atoms with Crippen molar-refractivity contribution in [1.29, 1.82) is 0 Å². The Bertz CT molecular complexity index is 763. The van der Waals surface area contributed by atoms with Crippen molar-refractivity contribution in [2.75, 3.05) is 32.1 Å². The Morgan fingerprint density at radius 1 is 1.15 bits per heavy atom. The van der Waals surface area contributed by atoms with E-state index in [-0.39, 0.29) is 24.2 Å². The van der Waals surface area contributed by atoms with Crippen LogP contribution in [0.2, 0.25) is 0 Å². The number of amides is 2. The molecule has 6 nitrogen and oxygen atoms in total. The number of carbonyl (C=O) groups excluding carboxylic acids is 2. The van der Waals surface area contributed by atoms with Crippen molar-refractivity contribution < 1.29 is 19.1 Å². The SMILES string of the molecule is COCCN1CC(C(=O)Nc2ccccc2Oc2ccccc2)CC1=O. The summed E-state index contributed by atoms with van der Waals surface area (Å²) in [6, 6.07) is 16.6. The van der Waals surface area contributed by atoms with Gasteiger partial charge in [0.15, 0.2) is 5.75 Å². The van der Waals surface area contributed by atoms with Gasteiger partial charge >= 0.3 is 0 Å².